The van der Waals surface area contributed by atoms with Crippen molar-refractivity contribution >= 4 is 82.9 Å². The standard InChI is InChI=1S/C38H34N6O.C37H39N7O.C35H32N8O/c45-37(24-31-16-8-9-22-39-31)41-35(23-30-25-40-34-19-7-6-18-33(30)34)38-43-42-36(21-20-27-11-2-1-3-12-27)44(38)26-29-15-10-14-28-13-4-5-17-32(28)29;38-37(19-21-39-22-20-37)36(45)41-33(23-29-24-40-32-16-7-6-15-31(29)32)35-43-42-34(18-17-26-9-2-1-3-10-26)44(35)25-28-13-8-12-27-11-4-5-14-30(27)28;44-35(32-22-36-17-18-37-32)40-31(19-26-21-39-30-15-7-5-13-28(26)30)34-42-41-33(43(34)23-24-9-2-1-3-10-24)16-8-11-25-20-38-29-14-6-4-12-27(25)29/h1-19,22,25,35,40H,20-21,23-24,26H2,(H,41,45);1-16,24,33,39-40H,17-23,25,38H2,(H,41,45);1-7,9-10,12-15,17-18,20-22,31,38-39H,8,11,16,19,23H2,(H,40,44)/t35-;33-;31-/m111/s1. The van der Waals surface area contributed by atoms with Crippen LogP contribution in [0.1, 0.15) is 139 Å². The number of aromatic amines is 4. The number of H-pyrrole nitrogens is 4. The first-order chi connectivity index (χ1) is 66.0. The molecule has 9 aromatic heterocycles. The highest BCUT2D eigenvalue weighted by Crippen LogP contribution is 2.34. The van der Waals surface area contributed by atoms with Crippen molar-refractivity contribution in [1.29, 1.82) is 0 Å². The van der Waals surface area contributed by atoms with Crippen molar-refractivity contribution in [3.05, 3.63) is 437 Å². The normalized spacial score (nSPS) is 13.1. The van der Waals surface area contributed by atoms with Crippen LogP contribution in [0.25, 0.3) is 65.2 Å². The summed E-state index contributed by atoms with van der Waals surface area (Å²) in [6.07, 6.45) is 23.1. The summed E-state index contributed by atoms with van der Waals surface area (Å²) >= 11 is 0. The average Bonchev–Trinajstić information content (AvgIpc) is 1.58. The zero-order chi connectivity index (χ0) is 90.8. The summed E-state index contributed by atoms with van der Waals surface area (Å²) < 4.78 is 6.60. The van der Waals surface area contributed by atoms with Crippen molar-refractivity contribution in [2.24, 2.45) is 5.73 Å². The Hall–Kier alpha value is -15.9. The van der Waals surface area contributed by atoms with Gasteiger partial charge in [0.2, 0.25) is 11.8 Å². The Labute approximate surface area is 775 Å². The molecule has 0 radical (unpaired) electrons. The molecule has 1 saturated heterocycles. The Morgan fingerprint density at radius 2 is 0.769 bits per heavy atom. The average molecular weight is 1770 g/mol. The van der Waals surface area contributed by atoms with Crippen molar-refractivity contribution in [2.45, 2.75) is 127 Å². The maximum atomic E-state index is 13.9. The second-order valence-electron chi connectivity index (χ2n) is 34.5. The van der Waals surface area contributed by atoms with E-state index < -0.39 is 23.7 Å². The molecule has 10 heterocycles. The molecule has 20 aromatic rings. The van der Waals surface area contributed by atoms with Gasteiger partial charge in [-0.25, -0.2) is 4.98 Å². The second kappa shape index (κ2) is 41.5. The number of para-hydroxylation sites is 4. The number of hydrogen-bond donors (Lipinski definition) is 9. The molecule has 0 aliphatic carbocycles. The van der Waals surface area contributed by atoms with Gasteiger partial charge < -0.3 is 60.6 Å². The van der Waals surface area contributed by atoms with Crippen molar-refractivity contribution in [3.8, 4) is 0 Å². The number of amides is 3. The summed E-state index contributed by atoms with van der Waals surface area (Å²) in [5.41, 5.74) is 21.7. The molecule has 3 amide bonds. The molecule has 0 spiro atoms. The lowest BCUT2D eigenvalue weighted by Crippen LogP contribution is -2.59. The topological polar surface area (TPSA) is 319 Å². The molecular formula is C110H105N21O3. The van der Waals surface area contributed by atoms with E-state index in [2.05, 4.69) is 276 Å². The van der Waals surface area contributed by atoms with Crippen molar-refractivity contribution in [2.75, 3.05) is 13.1 Å². The second-order valence-corrected chi connectivity index (χ2v) is 34.5. The summed E-state index contributed by atoms with van der Waals surface area (Å²) in [6.45, 7) is 3.22. The number of rotatable bonds is 32. The van der Waals surface area contributed by atoms with Gasteiger partial charge in [-0.1, -0.05) is 255 Å². The first-order valence-corrected chi connectivity index (χ1v) is 46.1. The van der Waals surface area contributed by atoms with Gasteiger partial charge in [-0.15, -0.1) is 30.6 Å². The Morgan fingerprint density at radius 1 is 0.358 bits per heavy atom. The molecule has 0 saturated carbocycles. The molecule has 1 fully saturated rings. The van der Waals surface area contributed by atoms with E-state index in [4.69, 9.17) is 36.3 Å². The lowest BCUT2D eigenvalue weighted by atomic mass is 9.88. The molecule has 1 aliphatic rings. The molecule has 24 heteroatoms. The number of carbonyl (C=O) groups excluding carboxylic acids is 3. The molecule has 0 unspecified atom stereocenters. The summed E-state index contributed by atoms with van der Waals surface area (Å²) in [6, 6.07) is 98.3. The highest BCUT2D eigenvalue weighted by atomic mass is 16.2. The monoisotopic (exact) mass is 1770 g/mol. The molecule has 3 atom stereocenters. The number of nitrogens with zero attached hydrogens (tertiary/aromatic N) is 12. The number of hydrogen-bond acceptors (Lipinski definition) is 14. The van der Waals surface area contributed by atoms with E-state index in [1.54, 1.807) is 12.4 Å². The molecule has 1 aliphatic heterocycles. The number of nitrogens with two attached hydrogens (primary N) is 1. The van der Waals surface area contributed by atoms with E-state index in [1.807, 2.05) is 110 Å². The molecule has 134 heavy (non-hydrogen) atoms. The zero-order valence-corrected chi connectivity index (χ0v) is 74.5. The highest BCUT2D eigenvalue weighted by molar-refractivity contribution is 5.93. The SMILES string of the molecule is NC1(C(=O)N[C@H](Cc2c[nH]c3ccccc23)c2nnc(CCc3ccccc3)n2Cc2cccc3ccccc23)CCNCC1.O=C(Cc1ccccn1)N[C@H](Cc1c[nH]c2ccccc12)c1nnc(CCc2ccccc2)n1Cc1cccc2ccccc12.O=C(N[C@H](Cc1c[nH]c2ccccc12)c1nnc(CCCc2c[nH]c3ccccc23)n1Cc1ccccc1)c1cnccn1. The van der Waals surface area contributed by atoms with Crippen LogP contribution in [0.4, 0.5) is 0 Å². The Balaban J connectivity index is 0.000000129. The molecule has 24 nitrogen and oxygen atoms in total. The fraction of sp³-hybridized carbons (Fsp3) is 0.200. The Kier molecular flexibility index (Phi) is 27.0. The van der Waals surface area contributed by atoms with Crippen molar-refractivity contribution in [1.82, 2.24) is 100 Å². The summed E-state index contributed by atoms with van der Waals surface area (Å²) in [7, 11) is 0. The van der Waals surface area contributed by atoms with Crippen LogP contribution < -0.4 is 27.0 Å². The third-order valence-electron chi connectivity index (χ3n) is 25.6. The van der Waals surface area contributed by atoms with Gasteiger partial charge in [0, 0.05) is 131 Å². The minimum Gasteiger partial charge on any atom is -0.361 e. The van der Waals surface area contributed by atoms with Gasteiger partial charge in [0.05, 0.1) is 55.9 Å². The predicted molar refractivity (Wildman–Crippen MR) is 527 cm³/mol. The van der Waals surface area contributed by atoms with Gasteiger partial charge in [-0.3, -0.25) is 24.4 Å². The molecule has 21 rings (SSSR count). The van der Waals surface area contributed by atoms with E-state index in [1.165, 1.54) is 67.1 Å². The van der Waals surface area contributed by atoms with Crippen LogP contribution in [0.15, 0.2) is 341 Å². The minimum absolute atomic E-state index is 0.107. The third kappa shape index (κ3) is 20.6. The van der Waals surface area contributed by atoms with E-state index in [9.17, 15) is 14.4 Å². The number of fused-ring (bicyclic) bond motifs is 6. The maximum absolute atomic E-state index is 13.9. The number of carbonyl (C=O) groups is 3. The van der Waals surface area contributed by atoms with Crippen LogP contribution in [0.2, 0.25) is 0 Å². The number of pyridine rings is 1. The van der Waals surface area contributed by atoms with Crippen LogP contribution in [-0.2, 0) is 93.4 Å². The van der Waals surface area contributed by atoms with Gasteiger partial charge in [-0.2, -0.15) is 0 Å². The van der Waals surface area contributed by atoms with Crippen LogP contribution >= 0.6 is 0 Å². The van der Waals surface area contributed by atoms with Gasteiger partial charge in [0.25, 0.3) is 5.91 Å². The lowest BCUT2D eigenvalue weighted by Gasteiger charge is -2.34. The van der Waals surface area contributed by atoms with Gasteiger partial charge in [0.15, 0.2) is 17.5 Å². The molecule has 11 aromatic carbocycles. The molecule has 668 valence electrons. The minimum atomic E-state index is -0.930. The third-order valence-corrected chi connectivity index (χ3v) is 25.6. The van der Waals surface area contributed by atoms with Crippen LogP contribution in [0.3, 0.4) is 0 Å². The first kappa shape index (κ1) is 87.4. The van der Waals surface area contributed by atoms with Crippen LogP contribution in [0, 0.1) is 0 Å². The fourth-order valence-electron chi connectivity index (χ4n) is 18.6. The number of aromatic nitrogens is 16. The number of benzene rings is 11. The predicted octanol–water partition coefficient (Wildman–Crippen LogP) is 18.0. The molecular weight excluding hydrogens is 1660 g/mol. The van der Waals surface area contributed by atoms with E-state index in [0.717, 1.165) is 153 Å². The van der Waals surface area contributed by atoms with Crippen LogP contribution in [0.5, 0.6) is 0 Å². The Bertz CT molecular complexity index is 7350. The summed E-state index contributed by atoms with van der Waals surface area (Å²) in [5.74, 6) is 4.31. The molecule has 0 bridgehead atoms. The highest BCUT2D eigenvalue weighted by Gasteiger charge is 2.38. The number of nitrogens with one attached hydrogen (secondary N) is 8. The largest absolute Gasteiger partial charge is 0.361 e. The molecule has 10 N–H and O–H groups in total. The quantitative estimate of drug-likeness (QED) is 0.0189. The zero-order valence-electron chi connectivity index (χ0n) is 74.5. The Morgan fingerprint density at radius 3 is 1.25 bits per heavy atom. The van der Waals surface area contributed by atoms with Gasteiger partial charge in [-0.05, 0) is 160 Å². The van der Waals surface area contributed by atoms with Crippen LogP contribution in [-0.4, -0.2) is 116 Å². The smallest absolute Gasteiger partial charge is 0.272 e. The van der Waals surface area contributed by atoms with Crippen molar-refractivity contribution in [3.63, 3.8) is 0 Å². The first-order valence-electron chi connectivity index (χ1n) is 46.1. The fourth-order valence-corrected chi connectivity index (χ4v) is 18.6. The van der Waals surface area contributed by atoms with E-state index in [-0.39, 0.29) is 29.8 Å². The van der Waals surface area contributed by atoms with Crippen molar-refractivity contribution < 1.29 is 14.4 Å². The summed E-state index contributed by atoms with van der Waals surface area (Å²) in [4.78, 5) is 67.1. The maximum Gasteiger partial charge on any atom is 0.272 e. The number of piperidine rings is 1. The van der Waals surface area contributed by atoms with E-state index in [0.29, 0.717) is 57.6 Å². The number of aryl methyl sites for hydroxylation is 6. The van der Waals surface area contributed by atoms with E-state index >= 15 is 0 Å². The van der Waals surface area contributed by atoms with Gasteiger partial charge >= 0.3 is 0 Å². The lowest BCUT2D eigenvalue weighted by molar-refractivity contribution is -0.128. The van der Waals surface area contributed by atoms with Gasteiger partial charge in [0.1, 0.15) is 23.2 Å². The summed E-state index contributed by atoms with van der Waals surface area (Å²) in [5, 5.41) is 51.2.